The maximum atomic E-state index is 13.2. The third-order valence-electron chi connectivity index (χ3n) is 3.07. The minimum Gasteiger partial charge on any atom is -0.478 e. The van der Waals surface area contributed by atoms with Crippen molar-refractivity contribution in [3.63, 3.8) is 0 Å². The molecule has 2 rings (SSSR count). The van der Waals surface area contributed by atoms with Crippen LogP contribution in [-0.2, 0) is 0 Å². The van der Waals surface area contributed by atoms with Crippen LogP contribution in [0.3, 0.4) is 0 Å². The van der Waals surface area contributed by atoms with Crippen LogP contribution in [-0.4, -0.2) is 15.6 Å². The number of hydrogen-bond donors (Lipinski definition) is 1. The SMILES string of the molecule is Cc1cc(=O)n(-c2c(Cl)cc(F)cc2Cl)c(C)c1C(=O)O. The molecule has 0 saturated carbocycles. The lowest BCUT2D eigenvalue weighted by molar-refractivity contribution is 0.0694. The van der Waals surface area contributed by atoms with Crippen molar-refractivity contribution in [3.05, 3.63) is 61.2 Å². The number of halogens is 3. The summed E-state index contributed by atoms with van der Waals surface area (Å²) in [5, 5.41) is 9.09. The normalized spacial score (nSPS) is 10.7. The highest BCUT2D eigenvalue weighted by molar-refractivity contribution is 6.37. The Bertz CT molecular complexity index is 792. The predicted octanol–water partition coefficient (Wildman–Crippen LogP) is 3.60. The van der Waals surface area contributed by atoms with Crippen molar-refractivity contribution in [1.82, 2.24) is 4.57 Å². The van der Waals surface area contributed by atoms with Gasteiger partial charge in [0.05, 0.1) is 21.3 Å². The molecule has 0 spiro atoms. The molecule has 21 heavy (non-hydrogen) atoms. The third kappa shape index (κ3) is 2.66. The first kappa shape index (κ1) is 15.5. The van der Waals surface area contributed by atoms with Gasteiger partial charge in [-0.3, -0.25) is 9.36 Å². The zero-order chi connectivity index (χ0) is 15.9. The molecule has 0 amide bonds. The lowest BCUT2D eigenvalue weighted by Gasteiger charge is -2.16. The van der Waals surface area contributed by atoms with Crippen LogP contribution in [0.1, 0.15) is 21.6 Å². The Hall–Kier alpha value is -1.85. The largest absolute Gasteiger partial charge is 0.478 e. The van der Waals surface area contributed by atoms with Gasteiger partial charge in [-0.05, 0) is 31.5 Å². The Morgan fingerprint density at radius 3 is 2.19 bits per heavy atom. The van der Waals surface area contributed by atoms with Crippen LogP contribution in [0, 0.1) is 19.7 Å². The second-order valence-electron chi connectivity index (χ2n) is 4.48. The highest BCUT2D eigenvalue weighted by atomic mass is 35.5. The summed E-state index contributed by atoms with van der Waals surface area (Å²) in [5.41, 5.74) is 0.0414. The first-order chi connectivity index (χ1) is 9.73. The standard InChI is InChI=1S/C14H10Cl2FNO3/c1-6-3-11(19)18(7(2)12(6)14(20)21)13-9(15)4-8(17)5-10(13)16/h3-5H,1-2H3,(H,20,21). The highest BCUT2D eigenvalue weighted by Gasteiger charge is 2.20. The predicted molar refractivity (Wildman–Crippen MR) is 78.5 cm³/mol. The minimum absolute atomic E-state index is 0.0222. The molecular weight excluding hydrogens is 320 g/mol. The molecule has 0 fully saturated rings. The summed E-state index contributed by atoms with van der Waals surface area (Å²) in [7, 11) is 0. The number of nitrogens with zero attached hydrogens (tertiary/aromatic N) is 1. The van der Waals surface area contributed by atoms with E-state index in [9.17, 15) is 19.1 Å². The number of aromatic nitrogens is 1. The molecule has 0 radical (unpaired) electrons. The van der Waals surface area contributed by atoms with E-state index < -0.39 is 17.3 Å². The van der Waals surface area contributed by atoms with Gasteiger partial charge in [-0.15, -0.1) is 0 Å². The maximum absolute atomic E-state index is 13.2. The molecule has 1 N–H and O–H groups in total. The van der Waals surface area contributed by atoms with E-state index in [-0.39, 0.29) is 27.0 Å². The number of hydrogen-bond acceptors (Lipinski definition) is 2. The van der Waals surface area contributed by atoms with E-state index in [4.69, 9.17) is 23.2 Å². The lowest BCUT2D eigenvalue weighted by atomic mass is 10.1. The van der Waals surface area contributed by atoms with E-state index in [1.54, 1.807) is 0 Å². The smallest absolute Gasteiger partial charge is 0.337 e. The zero-order valence-electron chi connectivity index (χ0n) is 11.1. The van der Waals surface area contributed by atoms with Crippen molar-refractivity contribution in [1.29, 1.82) is 0 Å². The van der Waals surface area contributed by atoms with Crippen molar-refractivity contribution in [2.45, 2.75) is 13.8 Å². The summed E-state index contributed by atoms with van der Waals surface area (Å²) in [6.45, 7) is 2.99. The van der Waals surface area contributed by atoms with Crippen LogP contribution < -0.4 is 5.56 Å². The number of benzene rings is 1. The van der Waals surface area contributed by atoms with E-state index in [2.05, 4.69) is 0 Å². The Labute approximate surface area is 129 Å². The van der Waals surface area contributed by atoms with E-state index in [1.165, 1.54) is 19.9 Å². The molecule has 110 valence electrons. The molecule has 7 heteroatoms. The Kier molecular flexibility index (Phi) is 4.07. The number of carboxylic acids is 1. The van der Waals surface area contributed by atoms with Crippen molar-refractivity contribution in [3.8, 4) is 5.69 Å². The topological polar surface area (TPSA) is 59.3 Å². The van der Waals surface area contributed by atoms with Crippen molar-refractivity contribution < 1.29 is 14.3 Å². The van der Waals surface area contributed by atoms with Gasteiger partial charge in [0.25, 0.3) is 5.56 Å². The second-order valence-corrected chi connectivity index (χ2v) is 5.30. The molecule has 0 atom stereocenters. The second kappa shape index (κ2) is 5.50. The van der Waals surface area contributed by atoms with E-state index >= 15 is 0 Å². The molecule has 1 aromatic heterocycles. The van der Waals surface area contributed by atoms with E-state index in [0.29, 0.717) is 5.56 Å². The summed E-state index contributed by atoms with van der Waals surface area (Å²) in [6, 6.07) is 3.19. The van der Waals surface area contributed by atoms with Crippen LogP contribution in [0.2, 0.25) is 10.0 Å². The van der Waals surface area contributed by atoms with Gasteiger partial charge in [-0.1, -0.05) is 23.2 Å². The fourth-order valence-corrected chi connectivity index (χ4v) is 2.86. The Morgan fingerprint density at radius 2 is 1.71 bits per heavy atom. The molecule has 0 aliphatic rings. The molecule has 1 heterocycles. The van der Waals surface area contributed by atoms with Crippen LogP contribution in [0.25, 0.3) is 5.69 Å². The molecule has 0 bridgehead atoms. The van der Waals surface area contributed by atoms with E-state index in [0.717, 1.165) is 16.7 Å². The number of aromatic carboxylic acids is 1. The molecule has 0 unspecified atom stereocenters. The summed E-state index contributed by atoms with van der Waals surface area (Å²) < 4.78 is 14.3. The Balaban J connectivity index is 2.92. The van der Waals surface area contributed by atoms with Gasteiger partial charge in [0.1, 0.15) is 5.82 Å². The van der Waals surface area contributed by atoms with E-state index in [1.807, 2.05) is 0 Å². The molecular formula is C14H10Cl2FNO3. The van der Waals surface area contributed by atoms with Gasteiger partial charge >= 0.3 is 5.97 Å². The number of carbonyl (C=O) groups is 1. The van der Waals surface area contributed by atoms with Crippen molar-refractivity contribution in [2.75, 3.05) is 0 Å². The number of rotatable bonds is 2. The first-order valence-electron chi connectivity index (χ1n) is 5.85. The van der Waals surface area contributed by atoms with Crippen LogP contribution in [0.15, 0.2) is 23.0 Å². The molecule has 0 aliphatic heterocycles. The zero-order valence-corrected chi connectivity index (χ0v) is 12.6. The minimum atomic E-state index is -1.17. The van der Waals surface area contributed by atoms with Crippen LogP contribution in [0.4, 0.5) is 4.39 Å². The number of aryl methyl sites for hydroxylation is 1. The number of pyridine rings is 1. The average molecular weight is 330 g/mol. The molecule has 2 aromatic rings. The van der Waals surface area contributed by atoms with Crippen LogP contribution in [0.5, 0.6) is 0 Å². The number of carboxylic acid groups (broad SMARTS) is 1. The third-order valence-corrected chi connectivity index (χ3v) is 3.65. The summed E-state index contributed by atoms with van der Waals surface area (Å²) in [5.74, 6) is -1.82. The summed E-state index contributed by atoms with van der Waals surface area (Å²) >= 11 is 11.9. The van der Waals surface area contributed by atoms with Gasteiger partial charge in [-0.25, -0.2) is 9.18 Å². The fraction of sp³-hybridized carbons (Fsp3) is 0.143. The monoisotopic (exact) mass is 329 g/mol. The Morgan fingerprint density at radius 1 is 1.19 bits per heavy atom. The molecule has 1 aromatic carbocycles. The molecule has 0 aliphatic carbocycles. The lowest BCUT2D eigenvalue weighted by Crippen LogP contribution is -2.24. The van der Waals surface area contributed by atoms with Gasteiger partial charge in [0, 0.05) is 11.8 Å². The first-order valence-corrected chi connectivity index (χ1v) is 6.61. The summed E-state index contributed by atoms with van der Waals surface area (Å²) in [6.07, 6.45) is 0. The molecule has 0 saturated heterocycles. The van der Waals surface area contributed by atoms with Gasteiger partial charge in [-0.2, -0.15) is 0 Å². The fourth-order valence-electron chi connectivity index (χ4n) is 2.23. The van der Waals surface area contributed by atoms with Crippen molar-refractivity contribution >= 4 is 29.2 Å². The molecule has 4 nitrogen and oxygen atoms in total. The van der Waals surface area contributed by atoms with Gasteiger partial charge in [0.15, 0.2) is 0 Å². The average Bonchev–Trinajstić information content (AvgIpc) is 2.30. The van der Waals surface area contributed by atoms with Crippen LogP contribution >= 0.6 is 23.2 Å². The quantitative estimate of drug-likeness (QED) is 0.915. The highest BCUT2D eigenvalue weighted by Crippen LogP contribution is 2.30. The van der Waals surface area contributed by atoms with Gasteiger partial charge in [0.2, 0.25) is 0 Å². The summed E-state index contributed by atoms with van der Waals surface area (Å²) in [4.78, 5) is 23.5. The van der Waals surface area contributed by atoms with Crippen molar-refractivity contribution in [2.24, 2.45) is 0 Å². The van der Waals surface area contributed by atoms with Gasteiger partial charge < -0.3 is 5.11 Å². The maximum Gasteiger partial charge on any atom is 0.337 e.